The van der Waals surface area contributed by atoms with Crippen LogP contribution in [0, 0.1) is 6.92 Å². The molecule has 0 unspecified atom stereocenters. The number of hydrogen-bond donors (Lipinski definition) is 0. The van der Waals surface area contributed by atoms with Gasteiger partial charge >= 0.3 is 0 Å². The molecule has 0 fully saturated rings. The van der Waals surface area contributed by atoms with Crippen molar-refractivity contribution in [2.75, 3.05) is 20.2 Å². The predicted octanol–water partition coefficient (Wildman–Crippen LogP) is 4.32. The van der Waals surface area contributed by atoms with Crippen LogP contribution in [-0.4, -0.2) is 34.7 Å². The van der Waals surface area contributed by atoms with E-state index < -0.39 is 0 Å². The molecule has 4 nitrogen and oxygen atoms in total. The Morgan fingerprint density at radius 2 is 2.04 bits per heavy atom. The van der Waals surface area contributed by atoms with Gasteiger partial charge in [0.1, 0.15) is 5.76 Å². The van der Waals surface area contributed by atoms with Crippen LogP contribution >= 0.6 is 0 Å². The molecule has 0 aliphatic carbocycles. The summed E-state index contributed by atoms with van der Waals surface area (Å²) in [5.41, 5.74) is 6.45. The highest BCUT2D eigenvalue weighted by molar-refractivity contribution is 5.90. The van der Waals surface area contributed by atoms with E-state index in [-0.39, 0.29) is 0 Å². The summed E-state index contributed by atoms with van der Waals surface area (Å²) < 4.78 is 8.32. The van der Waals surface area contributed by atoms with Gasteiger partial charge in [-0.15, -0.1) is 0 Å². The molecule has 0 saturated carbocycles. The summed E-state index contributed by atoms with van der Waals surface area (Å²) in [5.74, 6) is 0.883. The first-order valence-corrected chi connectivity index (χ1v) is 9.23. The fourth-order valence-electron chi connectivity index (χ4n) is 3.77. The molecule has 0 bridgehead atoms. The molecule has 0 radical (unpaired) electrons. The number of fused-ring (bicyclic) bond motifs is 3. The van der Waals surface area contributed by atoms with Gasteiger partial charge in [-0.3, -0.25) is 4.98 Å². The molecular formula is C22H25N3O. The lowest BCUT2D eigenvalue weighted by atomic mass is 10.0. The Kier molecular flexibility index (Phi) is 4.51. The molecule has 3 heterocycles. The third-order valence-corrected chi connectivity index (χ3v) is 5.05. The second-order valence-electron chi connectivity index (χ2n) is 6.97. The summed E-state index contributed by atoms with van der Waals surface area (Å²) in [6.45, 7) is 6.90. The van der Waals surface area contributed by atoms with Crippen LogP contribution in [0.5, 0.6) is 0 Å². The van der Waals surface area contributed by atoms with Crippen molar-refractivity contribution in [1.29, 1.82) is 0 Å². The summed E-state index contributed by atoms with van der Waals surface area (Å²) in [4.78, 5) is 6.52. The number of ether oxygens (including phenoxy) is 1. The van der Waals surface area contributed by atoms with Crippen molar-refractivity contribution in [2.45, 2.75) is 26.8 Å². The van der Waals surface area contributed by atoms with E-state index in [4.69, 9.17) is 4.74 Å². The van der Waals surface area contributed by atoms with E-state index in [1.807, 2.05) is 31.5 Å². The molecule has 0 N–H and O–H groups in total. The van der Waals surface area contributed by atoms with Crippen LogP contribution in [0.1, 0.15) is 29.3 Å². The zero-order valence-electron chi connectivity index (χ0n) is 15.7. The Morgan fingerprint density at radius 1 is 1.23 bits per heavy atom. The second-order valence-corrected chi connectivity index (χ2v) is 6.97. The van der Waals surface area contributed by atoms with Crippen LogP contribution in [0.3, 0.4) is 0 Å². The maximum absolute atomic E-state index is 5.99. The molecule has 3 aromatic rings. The molecule has 134 valence electrons. The Hall–Kier alpha value is -2.59. The van der Waals surface area contributed by atoms with Gasteiger partial charge < -0.3 is 14.2 Å². The summed E-state index contributed by atoms with van der Waals surface area (Å²) in [5, 5.41) is 1.35. The Morgan fingerprint density at radius 3 is 2.81 bits per heavy atom. The van der Waals surface area contributed by atoms with Gasteiger partial charge in [0.25, 0.3) is 0 Å². The number of rotatable bonds is 4. The molecule has 0 saturated heterocycles. The van der Waals surface area contributed by atoms with Crippen molar-refractivity contribution in [1.82, 2.24) is 14.5 Å². The Labute approximate surface area is 154 Å². The fraction of sp³-hybridized carbons (Fsp3) is 0.318. The SMILES string of the molecule is CCOC(=Cn1c2c(c3cc(C)ccc31)CN(C)CC2)c1ccncc1. The van der Waals surface area contributed by atoms with Crippen LogP contribution in [0.4, 0.5) is 0 Å². The van der Waals surface area contributed by atoms with E-state index in [0.717, 1.165) is 30.8 Å². The van der Waals surface area contributed by atoms with Crippen molar-refractivity contribution < 1.29 is 4.74 Å². The van der Waals surface area contributed by atoms with E-state index in [1.54, 1.807) is 0 Å². The summed E-state index contributed by atoms with van der Waals surface area (Å²) in [6.07, 6.45) is 6.82. The van der Waals surface area contributed by atoms with Gasteiger partial charge in [0.2, 0.25) is 0 Å². The fourth-order valence-corrected chi connectivity index (χ4v) is 3.77. The highest BCUT2D eigenvalue weighted by atomic mass is 16.5. The van der Waals surface area contributed by atoms with E-state index in [2.05, 4.69) is 52.8 Å². The summed E-state index contributed by atoms with van der Waals surface area (Å²) in [6, 6.07) is 10.7. The van der Waals surface area contributed by atoms with Crippen molar-refractivity contribution in [3.63, 3.8) is 0 Å². The highest BCUT2D eigenvalue weighted by Crippen LogP contribution is 2.32. The number of nitrogens with zero attached hydrogens (tertiary/aromatic N) is 3. The maximum Gasteiger partial charge on any atom is 0.143 e. The van der Waals surface area contributed by atoms with E-state index in [0.29, 0.717) is 6.61 Å². The minimum absolute atomic E-state index is 0.636. The molecule has 2 aromatic heterocycles. The normalized spacial score (nSPS) is 15.3. The summed E-state index contributed by atoms with van der Waals surface area (Å²) in [7, 11) is 2.19. The minimum Gasteiger partial charge on any atom is -0.492 e. The van der Waals surface area contributed by atoms with Crippen LogP contribution in [0.2, 0.25) is 0 Å². The van der Waals surface area contributed by atoms with E-state index >= 15 is 0 Å². The van der Waals surface area contributed by atoms with Gasteiger partial charge in [0, 0.05) is 48.5 Å². The highest BCUT2D eigenvalue weighted by Gasteiger charge is 2.22. The third kappa shape index (κ3) is 3.01. The molecule has 0 atom stereocenters. The smallest absolute Gasteiger partial charge is 0.143 e. The predicted molar refractivity (Wildman–Crippen MR) is 107 cm³/mol. The standard InChI is InChI=1S/C22H25N3O/c1-4-26-22(17-7-10-23-11-8-17)15-25-20-6-5-16(2)13-18(20)19-14-24(3)12-9-21(19)25/h5-8,10-11,13,15H,4,9,12,14H2,1-3H3. The molecule has 4 rings (SSSR count). The molecule has 0 spiro atoms. The van der Waals surface area contributed by atoms with Gasteiger partial charge in [0.05, 0.1) is 18.3 Å². The van der Waals surface area contributed by atoms with Crippen molar-refractivity contribution >= 4 is 22.9 Å². The van der Waals surface area contributed by atoms with Crippen LogP contribution < -0.4 is 0 Å². The molecule has 1 aliphatic rings. The summed E-state index contributed by atoms with van der Waals surface area (Å²) >= 11 is 0. The van der Waals surface area contributed by atoms with Gasteiger partial charge in [-0.2, -0.15) is 0 Å². The minimum atomic E-state index is 0.636. The quantitative estimate of drug-likeness (QED) is 0.658. The first-order valence-electron chi connectivity index (χ1n) is 9.23. The maximum atomic E-state index is 5.99. The zero-order valence-corrected chi connectivity index (χ0v) is 15.7. The number of pyridine rings is 1. The first kappa shape index (κ1) is 16.9. The molecule has 0 amide bonds. The Bertz CT molecular complexity index is 956. The number of hydrogen-bond acceptors (Lipinski definition) is 3. The first-order chi connectivity index (χ1) is 12.7. The van der Waals surface area contributed by atoms with E-state index in [1.165, 1.54) is 27.7 Å². The number of likely N-dealkylation sites (N-methyl/N-ethyl adjacent to an activating group) is 1. The zero-order chi connectivity index (χ0) is 18.1. The topological polar surface area (TPSA) is 30.3 Å². The lowest BCUT2D eigenvalue weighted by molar-refractivity contribution is 0.299. The molecular weight excluding hydrogens is 322 g/mol. The molecule has 26 heavy (non-hydrogen) atoms. The van der Waals surface area contributed by atoms with Crippen molar-refractivity contribution in [2.24, 2.45) is 0 Å². The molecule has 1 aliphatic heterocycles. The average molecular weight is 347 g/mol. The largest absolute Gasteiger partial charge is 0.492 e. The van der Waals surface area contributed by atoms with E-state index in [9.17, 15) is 0 Å². The third-order valence-electron chi connectivity index (χ3n) is 5.05. The lowest BCUT2D eigenvalue weighted by Gasteiger charge is -2.23. The second kappa shape index (κ2) is 6.96. The van der Waals surface area contributed by atoms with Crippen LogP contribution in [0.25, 0.3) is 22.9 Å². The number of benzene rings is 1. The monoisotopic (exact) mass is 347 g/mol. The van der Waals surface area contributed by atoms with Crippen LogP contribution in [-0.2, 0) is 17.7 Å². The molecule has 1 aromatic carbocycles. The van der Waals surface area contributed by atoms with Crippen molar-refractivity contribution in [3.05, 3.63) is 65.1 Å². The number of aryl methyl sites for hydroxylation is 1. The van der Waals surface area contributed by atoms with Gasteiger partial charge in [-0.25, -0.2) is 0 Å². The van der Waals surface area contributed by atoms with Gasteiger partial charge in [-0.05, 0) is 50.7 Å². The van der Waals surface area contributed by atoms with Gasteiger partial charge in [0.15, 0.2) is 0 Å². The van der Waals surface area contributed by atoms with Crippen LogP contribution in [0.15, 0.2) is 42.7 Å². The average Bonchev–Trinajstić information content (AvgIpc) is 2.94. The van der Waals surface area contributed by atoms with Crippen molar-refractivity contribution in [3.8, 4) is 0 Å². The lowest BCUT2D eigenvalue weighted by Crippen LogP contribution is -2.26. The van der Waals surface area contributed by atoms with Gasteiger partial charge in [-0.1, -0.05) is 11.6 Å². The molecule has 4 heteroatoms. The Balaban J connectivity index is 1.93. The number of aromatic nitrogens is 2.